The van der Waals surface area contributed by atoms with Crippen molar-refractivity contribution in [2.24, 2.45) is 0 Å². The first-order chi connectivity index (χ1) is 3.91. The van der Waals surface area contributed by atoms with Crippen molar-refractivity contribution in [3.8, 4) is 0 Å². The van der Waals surface area contributed by atoms with E-state index < -0.39 is 0 Å². The van der Waals surface area contributed by atoms with Crippen molar-refractivity contribution in [2.45, 2.75) is 13.3 Å². The predicted molar refractivity (Wildman–Crippen MR) is 31.3 cm³/mol. The van der Waals surface area contributed by atoms with Crippen LogP contribution in [0.1, 0.15) is 13.3 Å². The number of hydrogen-bond acceptors (Lipinski definition) is 3. The number of hydroxylamine groups is 1. The average molecular weight is 119 g/mol. The fourth-order valence-electron chi connectivity index (χ4n) is 0.325. The van der Waals surface area contributed by atoms with Crippen LogP contribution in [0.2, 0.25) is 0 Å². The van der Waals surface area contributed by atoms with E-state index in [4.69, 9.17) is 9.94 Å². The second kappa shape index (κ2) is 6.88. The highest BCUT2D eigenvalue weighted by atomic mass is 16.6. The normalized spacial score (nSPS) is 9.75. The lowest BCUT2D eigenvalue weighted by Gasteiger charge is -1.99. The molecule has 0 fully saturated rings. The summed E-state index contributed by atoms with van der Waals surface area (Å²) in [5.41, 5.74) is 2.68. The standard InChI is InChI=1S/C5H13NO2/c1-2-8-6-4-3-5-7/h6-7H,2-5H2,1H3. The van der Waals surface area contributed by atoms with E-state index in [0.717, 1.165) is 13.0 Å². The Bertz CT molecular complexity index is 35.4. The Labute approximate surface area is 49.6 Å². The molecule has 0 saturated heterocycles. The van der Waals surface area contributed by atoms with E-state index in [1.54, 1.807) is 0 Å². The molecule has 0 saturated carbocycles. The van der Waals surface area contributed by atoms with Gasteiger partial charge in [0.15, 0.2) is 0 Å². The van der Waals surface area contributed by atoms with Gasteiger partial charge in [-0.1, -0.05) is 0 Å². The Kier molecular flexibility index (Phi) is 6.78. The summed E-state index contributed by atoms with van der Waals surface area (Å²) in [5, 5.41) is 8.27. The highest BCUT2D eigenvalue weighted by Gasteiger charge is 1.81. The maximum atomic E-state index is 8.27. The molecule has 3 heteroatoms. The number of aliphatic hydroxyl groups excluding tert-OH is 1. The Morgan fingerprint density at radius 1 is 1.62 bits per heavy atom. The van der Waals surface area contributed by atoms with Crippen molar-refractivity contribution in [3.05, 3.63) is 0 Å². The van der Waals surface area contributed by atoms with Crippen molar-refractivity contribution in [1.82, 2.24) is 5.48 Å². The Morgan fingerprint density at radius 2 is 2.38 bits per heavy atom. The van der Waals surface area contributed by atoms with Crippen LogP contribution < -0.4 is 5.48 Å². The molecule has 2 N–H and O–H groups in total. The van der Waals surface area contributed by atoms with Gasteiger partial charge in [-0.3, -0.25) is 0 Å². The lowest BCUT2D eigenvalue weighted by atomic mass is 10.5. The molecule has 0 aliphatic carbocycles. The van der Waals surface area contributed by atoms with Crippen LogP contribution in [-0.4, -0.2) is 24.9 Å². The van der Waals surface area contributed by atoms with Crippen LogP contribution in [0, 0.1) is 0 Å². The lowest BCUT2D eigenvalue weighted by molar-refractivity contribution is 0.0474. The monoisotopic (exact) mass is 119 g/mol. The first-order valence-corrected chi connectivity index (χ1v) is 2.87. The van der Waals surface area contributed by atoms with Crippen LogP contribution >= 0.6 is 0 Å². The minimum Gasteiger partial charge on any atom is -0.396 e. The van der Waals surface area contributed by atoms with Crippen LogP contribution in [0.5, 0.6) is 0 Å². The first-order valence-electron chi connectivity index (χ1n) is 2.87. The van der Waals surface area contributed by atoms with Crippen molar-refractivity contribution in [1.29, 1.82) is 0 Å². The Morgan fingerprint density at radius 3 is 2.88 bits per heavy atom. The topological polar surface area (TPSA) is 41.5 Å². The maximum Gasteiger partial charge on any atom is 0.0653 e. The Hall–Kier alpha value is -0.120. The number of rotatable bonds is 5. The van der Waals surface area contributed by atoms with Crippen LogP contribution in [0.3, 0.4) is 0 Å². The van der Waals surface area contributed by atoms with E-state index in [0.29, 0.717) is 6.61 Å². The number of aliphatic hydroxyl groups is 1. The fraction of sp³-hybridized carbons (Fsp3) is 1.00. The lowest BCUT2D eigenvalue weighted by Crippen LogP contribution is -2.16. The van der Waals surface area contributed by atoms with Gasteiger partial charge < -0.3 is 9.94 Å². The molecule has 0 aromatic rings. The molecule has 0 spiro atoms. The van der Waals surface area contributed by atoms with Gasteiger partial charge >= 0.3 is 0 Å². The molecule has 0 aliphatic rings. The van der Waals surface area contributed by atoms with E-state index >= 15 is 0 Å². The summed E-state index contributed by atoms with van der Waals surface area (Å²) in [4.78, 5) is 4.77. The minimum absolute atomic E-state index is 0.222. The van der Waals surface area contributed by atoms with Gasteiger partial charge in [0.2, 0.25) is 0 Å². The highest BCUT2D eigenvalue weighted by Crippen LogP contribution is 1.71. The summed E-state index contributed by atoms with van der Waals surface area (Å²) in [6, 6.07) is 0. The molecule has 0 bridgehead atoms. The fourth-order valence-corrected chi connectivity index (χ4v) is 0.325. The van der Waals surface area contributed by atoms with Gasteiger partial charge in [-0.25, -0.2) is 5.48 Å². The summed E-state index contributed by atoms with van der Waals surface area (Å²) in [7, 11) is 0. The van der Waals surface area contributed by atoms with Gasteiger partial charge in [0.25, 0.3) is 0 Å². The van der Waals surface area contributed by atoms with Gasteiger partial charge in [0.1, 0.15) is 0 Å². The third-order valence-corrected chi connectivity index (χ3v) is 0.683. The molecule has 0 atom stereocenters. The maximum absolute atomic E-state index is 8.27. The smallest absolute Gasteiger partial charge is 0.0653 e. The van der Waals surface area contributed by atoms with Crippen LogP contribution in [0.15, 0.2) is 0 Å². The van der Waals surface area contributed by atoms with Crippen LogP contribution in [-0.2, 0) is 4.84 Å². The van der Waals surface area contributed by atoms with Gasteiger partial charge in [-0.15, -0.1) is 0 Å². The van der Waals surface area contributed by atoms with Gasteiger partial charge in [0, 0.05) is 13.2 Å². The van der Waals surface area contributed by atoms with Crippen LogP contribution in [0.4, 0.5) is 0 Å². The Balaban J connectivity index is 2.53. The quantitative estimate of drug-likeness (QED) is 0.392. The van der Waals surface area contributed by atoms with Gasteiger partial charge in [0.05, 0.1) is 6.61 Å². The summed E-state index contributed by atoms with van der Waals surface area (Å²) in [5.74, 6) is 0. The van der Waals surface area contributed by atoms with E-state index in [-0.39, 0.29) is 6.61 Å². The number of nitrogens with one attached hydrogen (secondary N) is 1. The third kappa shape index (κ3) is 5.88. The SMILES string of the molecule is CCONCCCO. The molecule has 0 aliphatic heterocycles. The molecule has 0 rings (SSSR count). The second-order valence-corrected chi connectivity index (χ2v) is 1.40. The number of hydrogen-bond donors (Lipinski definition) is 2. The van der Waals surface area contributed by atoms with E-state index in [9.17, 15) is 0 Å². The molecule has 0 heterocycles. The van der Waals surface area contributed by atoms with Crippen molar-refractivity contribution in [3.63, 3.8) is 0 Å². The molecule has 0 amide bonds. The van der Waals surface area contributed by atoms with Crippen LogP contribution in [0.25, 0.3) is 0 Å². The van der Waals surface area contributed by atoms with Gasteiger partial charge in [-0.05, 0) is 13.3 Å². The minimum atomic E-state index is 0.222. The average Bonchev–Trinajstić information content (AvgIpc) is 1.81. The first kappa shape index (κ1) is 7.88. The third-order valence-electron chi connectivity index (χ3n) is 0.683. The van der Waals surface area contributed by atoms with Gasteiger partial charge in [-0.2, -0.15) is 0 Å². The molecule has 0 unspecified atom stereocenters. The molecule has 0 aromatic carbocycles. The zero-order valence-electron chi connectivity index (χ0n) is 5.18. The molecular weight excluding hydrogens is 106 g/mol. The molecule has 0 aromatic heterocycles. The zero-order valence-corrected chi connectivity index (χ0v) is 5.18. The summed E-state index contributed by atoms with van der Waals surface area (Å²) in [6.07, 6.45) is 0.750. The predicted octanol–water partition coefficient (Wildman–Crippen LogP) is -0.0901. The van der Waals surface area contributed by atoms with E-state index in [1.165, 1.54) is 0 Å². The molecule has 3 nitrogen and oxygen atoms in total. The molecule has 0 radical (unpaired) electrons. The molecular formula is C5H13NO2. The van der Waals surface area contributed by atoms with E-state index in [1.807, 2.05) is 6.92 Å². The van der Waals surface area contributed by atoms with Crippen molar-refractivity contribution in [2.75, 3.05) is 19.8 Å². The van der Waals surface area contributed by atoms with Crippen molar-refractivity contribution >= 4 is 0 Å². The largest absolute Gasteiger partial charge is 0.396 e. The second-order valence-electron chi connectivity index (χ2n) is 1.40. The highest BCUT2D eigenvalue weighted by molar-refractivity contribution is 4.32. The summed E-state index contributed by atoms with van der Waals surface area (Å²) < 4.78 is 0. The van der Waals surface area contributed by atoms with Crippen molar-refractivity contribution < 1.29 is 9.94 Å². The molecule has 8 heavy (non-hydrogen) atoms. The zero-order chi connectivity index (χ0) is 6.24. The molecule has 50 valence electrons. The van der Waals surface area contributed by atoms with E-state index in [2.05, 4.69) is 5.48 Å². The summed E-state index contributed by atoms with van der Waals surface area (Å²) >= 11 is 0. The summed E-state index contributed by atoms with van der Waals surface area (Å²) in [6.45, 7) is 3.53.